The highest BCUT2D eigenvalue weighted by atomic mass is 32.2. The van der Waals surface area contributed by atoms with Crippen molar-refractivity contribution in [1.82, 2.24) is 9.97 Å². The Hall–Kier alpha value is -0.810. The Balaban J connectivity index is 2.77. The Morgan fingerprint density at radius 1 is 1.29 bits per heavy atom. The first-order valence-corrected chi connectivity index (χ1v) is 7.00. The van der Waals surface area contributed by atoms with E-state index < -0.39 is 0 Å². The fourth-order valence-electron chi connectivity index (χ4n) is 1.39. The van der Waals surface area contributed by atoms with Crippen molar-refractivity contribution in [3.8, 4) is 0 Å². The lowest BCUT2D eigenvalue weighted by atomic mass is 10.3. The van der Waals surface area contributed by atoms with E-state index in [4.69, 9.17) is 5.11 Å². The topological polar surface area (TPSA) is 58.0 Å². The molecule has 2 N–H and O–H groups in total. The maximum atomic E-state index is 8.78. The molecule has 1 aromatic heterocycles. The average Bonchev–Trinajstić information content (AvgIpc) is 2.31. The zero-order valence-electron chi connectivity index (χ0n) is 10.8. The van der Waals surface area contributed by atoms with Crippen molar-refractivity contribution < 1.29 is 5.11 Å². The van der Waals surface area contributed by atoms with Gasteiger partial charge in [-0.3, -0.25) is 0 Å². The molecule has 0 bridgehead atoms. The Kier molecular flexibility index (Phi) is 6.29. The number of anilines is 1. The molecule has 0 aliphatic heterocycles. The van der Waals surface area contributed by atoms with Crippen LogP contribution in [0.2, 0.25) is 0 Å². The second-order valence-corrected chi connectivity index (χ2v) is 4.99. The molecule has 0 aromatic carbocycles. The van der Waals surface area contributed by atoms with Gasteiger partial charge in [-0.2, -0.15) is 0 Å². The van der Waals surface area contributed by atoms with E-state index in [1.807, 2.05) is 13.8 Å². The van der Waals surface area contributed by atoms with Gasteiger partial charge in [0.25, 0.3) is 0 Å². The van der Waals surface area contributed by atoms with Crippen LogP contribution in [0.25, 0.3) is 0 Å². The van der Waals surface area contributed by atoms with Crippen LogP contribution in [0.1, 0.15) is 31.2 Å². The minimum absolute atomic E-state index is 0.233. The molecule has 0 saturated carbocycles. The standard InChI is InChI=1S/C12H21N3OS/c1-4-6-13-11-9(2)12(15-10(3)14-11)17-8-5-7-16/h16H,4-8H2,1-3H3,(H,13,14,15). The van der Waals surface area contributed by atoms with Gasteiger partial charge in [0.2, 0.25) is 0 Å². The van der Waals surface area contributed by atoms with Crippen LogP contribution in [-0.2, 0) is 0 Å². The van der Waals surface area contributed by atoms with Crippen molar-refractivity contribution in [2.75, 3.05) is 24.2 Å². The third kappa shape index (κ3) is 4.52. The van der Waals surface area contributed by atoms with Gasteiger partial charge in [0.15, 0.2) is 0 Å². The molecule has 0 saturated heterocycles. The van der Waals surface area contributed by atoms with Gasteiger partial charge in [-0.25, -0.2) is 9.97 Å². The molecule has 0 aliphatic carbocycles. The Labute approximate surface area is 107 Å². The third-order valence-electron chi connectivity index (χ3n) is 2.30. The first kappa shape index (κ1) is 14.3. The molecule has 0 spiro atoms. The summed E-state index contributed by atoms with van der Waals surface area (Å²) in [6.45, 7) is 7.24. The lowest BCUT2D eigenvalue weighted by Crippen LogP contribution is -2.07. The van der Waals surface area contributed by atoms with E-state index in [0.29, 0.717) is 0 Å². The van der Waals surface area contributed by atoms with E-state index >= 15 is 0 Å². The largest absolute Gasteiger partial charge is 0.396 e. The normalized spacial score (nSPS) is 10.6. The molecule has 96 valence electrons. The van der Waals surface area contributed by atoms with Gasteiger partial charge in [0.1, 0.15) is 16.7 Å². The van der Waals surface area contributed by atoms with Crippen LogP contribution < -0.4 is 5.32 Å². The summed E-state index contributed by atoms with van der Waals surface area (Å²) in [6.07, 6.45) is 1.88. The van der Waals surface area contributed by atoms with Crippen LogP contribution >= 0.6 is 11.8 Å². The predicted octanol–water partition coefficient (Wildman–Crippen LogP) is 2.39. The number of aliphatic hydroxyl groups excluding tert-OH is 1. The summed E-state index contributed by atoms with van der Waals surface area (Å²) in [5.74, 6) is 2.62. The van der Waals surface area contributed by atoms with E-state index in [0.717, 1.165) is 47.4 Å². The van der Waals surface area contributed by atoms with E-state index in [1.54, 1.807) is 11.8 Å². The number of hydrogen-bond acceptors (Lipinski definition) is 5. The molecular formula is C12H21N3OS. The van der Waals surface area contributed by atoms with E-state index in [9.17, 15) is 0 Å². The minimum Gasteiger partial charge on any atom is -0.396 e. The monoisotopic (exact) mass is 255 g/mol. The quantitative estimate of drug-likeness (QED) is 0.445. The maximum Gasteiger partial charge on any atom is 0.133 e. The number of nitrogens with zero attached hydrogens (tertiary/aromatic N) is 2. The molecule has 0 unspecified atom stereocenters. The Morgan fingerprint density at radius 3 is 2.71 bits per heavy atom. The molecule has 17 heavy (non-hydrogen) atoms. The number of nitrogens with one attached hydrogen (secondary N) is 1. The first-order valence-electron chi connectivity index (χ1n) is 6.01. The lowest BCUT2D eigenvalue weighted by Gasteiger charge is -2.11. The van der Waals surface area contributed by atoms with Crippen molar-refractivity contribution in [1.29, 1.82) is 0 Å². The van der Waals surface area contributed by atoms with Crippen LogP contribution in [-0.4, -0.2) is 34.0 Å². The fraction of sp³-hybridized carbons (Fsp3) is 0.667. The van der Waals surface area contributed by atoms with Crippen LogP contribution in [0.4, 0.5) is 5.82 Å². The van der Waals surface area contributed by atoms with Gasteiger partial charge in [-0.1, -0.05) is 6.92 Å². The highest BCUT2D eigenvalue weighted by Crippen LogP contribution is 2.25. The van der Waals surface area contributed by atoms with Gasteiger partial charge in [-0.15, -0.1) is 11.8 Å². The van der Waals surface area contributed by atoms with Crippen molar-refractivity contribution in [2.45, 2.75) is 38.6 Å². The van der Waals surface area contributed by atoms with Gasteiger partial charge in [0, 0.05) is 24.5 Å². The van der Waals surface area contributed by atoms with Crippen molar-refractivity contribution in [3.63, 3.8) is 0 Å². The first-order chi connectivity index (χ1) is 8.19. The second-order valence-electron chi connectivity index (χ2n) is 3.90. The summed E-state index contributed by atoms with van der Waals surface area (Å²) in [5, 5.41) is 13.1. The van der Waals surface area contributed by atoms with Crippen LogP contribution in [0.15, 0.2) is 5.03 Å². The number of hydrogen-bond donors (Lipinski definition) is 2. The molecule has 0 fully saturated rings. The highest BCUT2D eigenvalue weighted by Gasteiger charge is 2.08. The SMILES string of the molecule is CCCNc1nc(C)nc(SCCCO)c1C. The van der Waals surface area contributed by atoms with Gasteiger partial charge >= 0.3 is 0 Å². The molecule has 1 rings (SSSR count). The van der Waals surface area contributed by atoms with Crippen LogP contribution in [0.5, 0.6) is 0 Å². The van der Waals surface area contributed by atoms with Crippen molar-refractivity contribution in [2.24, 2.45) is 0 Å². The fourth-order valence-corrected chi connectivity index (χ4v) is 2.37. The lowest BCUT2D eigenvalue weighted by molar-refractivity contribution is 0.296. The minimum atomic E-state index is 0.233. The summed E-state index contributed by atoms with van der Waals surface area (Å²) in [4.78, 5) is 8.86. The van der Waals surface area contributed by atoms with Gasteiger partial charge < -0.3 is 10.4 Å². The molecule has 1 aromatic rings. The zero-order chi connectivity index (χ0) is 12.7. The van der Waals surface area contributed by atoms with Crippen LogP contribution in [0, 0.1) is 13.8 Å². The van der Waals surface area contributed by atoms with Crippen molar-refractivity contribution >= 4 is 17.6 Å². The molecular weight excluding hydrogens is 234 g/mol. The summed E-state index contributed by atoms with van der Waals surface area (Å²) >= 11 is 1.68. The summed E-state index contributed by atoms with van der Waals surface area (Å²) < 4.78 is 0. The maximum absolute atomic E-state index is 8.78. The second kappa shape index (κ2) is 7.50. The molecule has 0 aliphatic rings. The van der Waals surface area contributed by atoms with Gasteiger partial charge in [0.05, 0.1) is 0 Å². The molecule has 4 nitrogen and oxygen atoms in total. The molecule has 0 atom stereocenters. The highest BCUT2D eigenvalue weighted by molar-refractivity contribution is 7.99. The zero-order valence-corrected chi connectivity index (χ0v) is 11.6. The number of thioether (sulfide) groups is 1. The van der Waals surface area contributed by atoms with Gasteiger partial charge in [-0.05, 0) is 26.7 Å². The summed E-state index contributed by atoms with van der Waals surface area (Å²) in [6, 6.07) is 0. The Morgan fingerprint density at radius 2 is 2.06 bits per heavy atom. The molecule has 5 heteroatoms. The van der Waals surface area contributed by atoms with E-state index in [1.165, 1.54) is 0 Å². The molecule has 1 heterocycles. The molecule has 0 amide bonds. The number of rotatable bonds is 7. The van der Waals surface area contributed by atoms with E-state index in [-0.39, 0.29) is 6.61 Å². The average molecular weight is 255 g/mol. The number of aryl methyl sites for hydroxylation is 1. The summed E-state index contributed by atoms with van der Waals surface area (Å²) in [5.41, 5.74) is 1.10. The predicted molar refractivity (Wildman–Crippen MR) is 72.7 cm³/mol. The van der Waals surface area contributed by atoms with Crippen LogP contribution in [0.3, 0.4) is 0 Å². The van der Waals surface area contributed by atoms with E-state index in [2.05, 4.69) is 22.2 Å². The Bertz CT molecular complexity index is 358. The van der Waals surface area contributed by atoms with Crippen molar-refractivity contribution in [3.05, 3.63) is 11.4 Å². The number of aliphatic hydroxyl groups is 1. The summed E-state index contributed by atoms with van der Waals surface area (Å²) in [7, 11) is 0. The third-order valence-corrected chi connectivity index (χ3v) is 3.46. The smallest absolute Gasteiger partial charge is 0.133 e. The number of aromatic nitrogens is 2. The molecule has 0 radical (unpaired) electrons.